The van der Waals surface area contributed by atoms with Gasteiger partial charge in [-0.2, -0.15) is 0 Å². The normalized spacial score (nSPS) is 20.7. The summed E-state index contributed by atoms with van der Waals surface area (Å²) in [4.78, 5) is 2.47. The average Bonchev–Trinajstić information content (AvgIpc) is 3.26. The van der Waals surface area contributed by atoms with Crippen LogP contribution >= 0.6 is 0 Å². The van der Waals surface area contributed by atoms with E-state index in [-0.39, 0.29) is 5.92 Å². The van der Waals surface area contributed by atoms with E-state index < -0.39 is 5.60 Å². The van der Waals surface area contributed by atoms with Crippen molar-refractivity contribution in [2.24, 2.45) is 5.92 Å². The number of hydrogen-bond acceptors (Lipinski definition) is 2. The van der Waals surface area contributed by atoms with Crippen LogP contribution in [0, 0.1) is 5.92 Å². The van der Waals surface area contributed by atoms with E-state index in [1.807, 2.05) is 12.1 Å². The van der Waals surface area contributed by atoms with Crippen LogP contribution in [-0.4, -0.2) is 23.1 Å². The number of benzene rings is 3. The molecule has 3 aromatic carbocycles. The molecule has 1 fully saturated rings. The zero-order chi connectivity index (χ0) is 17.6. The Bertz CT molecular complexity index is 888. The van der Waals surface area contributed by atoms with Crippen LogP contribution in [0.3, 0.4) is 0 Å². The molecule has 0 radical (unpaired) electrons. The molecule has 1 aliphatic heterocycles. The van der Waals surface area contributed by atoms with Gasteiger partial charge < -0.3 is 5.11 Å². The van der Waals surface area contributed by atoms with Crippen LogP contribution in [0.1, 0.15) is 23.1 Å². The van der Waals surface area contributed by atoms with Gasteiger partial charge in [-0.3, -0.25) is 4.90 Å². The zero-order valence-corrected chi connectivity index (χ0v) is 14.8. The molecule has 0 spiro atoms. The minimum Gasteiger partial charge on any atom is -0.380 e. The van der Waals surface area contributed by atoms with Crippen molar-refractivity contribution in [1.82, 2.24) is 4.90 Å². The molecule has 0 saturated carbocycles. The summed E-state index contributed by atoms with van der Waals surface area (Å²) in [7, 11) is 0. The highest BCUT2D eigenvalue weighted by Gasteiger charge is 2.49. The Kier molecular flexibility index (Phi) is 3.70. The average molecular weight is 341 g/mol. The fourth-order valence-electron chi connectivity index (χ4n) is 4.84. The molecule has 3 aromatic rings. The van der Waals surface area contributed by atoms with Crippen molar-refractivity contribution in [2.75, 3.05) is 13.1 Å². The number of fused-ring (bicyclic) bond motifs is 3. The lowest BCUT2D eigenvalue weighted by Crippen LogP contribution is -2.36. The summed E-state index contributed by atoms with van der Waals surface area (Å²) in [6, 6.07) is 27.3. The summed E-state index contributed by atoms with van der Waals surface area (Å²) < 4.78 is 0. The number of hydrogen-bond donors (Lipinski definition) is 1. The highest BCUT2D eigenvalue weighted by molar-refractivity contribution is 5.80. The van der Waals surface area contributed by atoms with Crippen molar-refractivity contribution in [3.63, 3.8) is 0 Å². The molecule has 0 bridgehead atoms. The van der Waals surface area contributed by atoms with Gasteiger partial charge in [0, 0.05) is 19.0 Å². The van der Waals surface area contributed by atoms with Crippen molar-refractivity contribution in [1.29, 1.82) is 0 Å². The second-order valence-corrected chi connectivity index (χ2v) is 7.56. The molecule has 26 heavy (non-hydrogen) atoms. The standard InChI is InChI=1S/C24H23NO/c26-24(19-14-15-25(17-19)16-18-8-2-1-3-9-18)22-12-6-4-10-20(22)21-11-5-7-13-23(21)24/h1-13,19,26H,14-17H2. The number of nitrogens with zero attached hydrogens (tertiary/aromatic N) is 1. The SMILES string of the molecule is OC1(C2CCN(Cc3ccccc3)C2)c2ccccc2-c2ccccc21. The van der Waals surface area contributed by atoms with E-state index >= 15 is 0 Å². The highest BCUT2D eigenvalue weighted by Crippen LogP contribution is 2.52. The lowest BCUT2D eigenvalue weighted by atomic mass is 9.79. The molecule has 0 aromatic heterocycles. The van der Waals surface area contributed by atoms with Crippen LogP contribution in [0.25, 0.3) is 11.1 Å². The summed E-state index contributed by atoms with van der Waals surface area (Å²) in [5, 5.41) is 12.0. The quantitative estimate of drug-likeness (QED) is 0.762. The smallest absolute Gasteiger partial charge is 0.120 e. The van der Waals surface area contributed by atoms with Crippen molar-refractivity contribution in [2.45, 2.75) is 18.6 Å². The molecular weight excluding hydrogens is 318 g/mol. The molecule has 0 amide bonds. The first-order valence-corrected chi connectivity index (χ1v) is 9.45. The first-order chi connectivity index (χ1) is 12.8. The summed E-state index contributed by atoms with van der Waals surface area (Å²) in [6.07, 6.45) is 1.02. The van der Waals surface area contributed by atoms with Gasteiger partial charge in [0.15, 0.2) is 0 Å². The lowest BCUT2D eigenvalue weighted by molar-refractivity contribution is 0.0239. The van der Waals surface area contributed by atoms with Crippen molar-refractivity contribution in [3.8, 4) is 11.1 Å². The maximum absolute atomic E-state index is 12.0. The maximum Gasteiger partial charge on any atom is 0.120 e. The molecule has 1 saturated heterocycles. The Morgan fingerprint density at radius 1 is 0.808 bits per heavy atom. The summed E-state index contributed by atoms with van der Waals surface area (Å²) in [6.45, 7) is 2.91. The van der Waals surface area contributed by atoms with E-state index in [2.05, 4.69) is 71.6 Å². The maximum atomic E-state index is 12.0. The van der Waals surface area contributed by atoms with Crippen molar-refractivity contribution >= 4 is 0 Å². The largest absolute Gasteiger partial charge is 0.380 e. The fraction of sp³-hybridized carbons (Fsp3) is 0.250. The second-order valence-electron chi connectivity index (χ2n) is 7.56. The van der Waals surface area contributed by atoms with E-state index in [9.17, 15) is 5.11 Å². The first kappa shape index (κ1) is 15.8. The van der Waals surface area contributed by atoms with Gasteiger partial charge >= 0.3 is 0 Å². The Balaban J connectivity index is 1.48. The van der Waals surface area contributed by atoms with E-state index in [1.165, 1.54) is 16.7 Å². The molecule has 2 aliphatic rings. The molecule has 1 atom stereocenters. The third kappa shape index (κ3) is 2.33. The van der Waals surface area contributed by atoms with Crippen molar-refractivity contribution in [3.05, 3.63) is 95.6 Å². The van der Waals surface area contributed by atoms with Crippen LogP contribution < -0.4 is 0 Å². The minimum atomic E-state index is -0.876. The van der Waals surface area contributed by atoms with E-state index in [1.54, 1.807) is 0 Å². The van der Waals surface area contributed by atoms with Crippen molar-refractivity contribution < 1.29 is 5.11 Å². The van der Waals surface area contributed by atoms with Gasteiger partial charge in [0.25, 0.3) is 0 Å². The third-order valence-corrected chi connectivity index (χ3v) is 6.08. The van der Waals surface area contributed by atoms with Gasteiger partial charge in [0.1, 0.15) is 5.60 Å². The molecular formula is C24H23NO. The third-order valence-electron chi connectivity index (χ3n) is 6.08. The highest BCUT2D eigenvalue weighted by atomic mass is 16.3. The molecule has 1 N–H and O–H groups in total. The van der Waals surface area contributed by atoms with Crippen LogP contribution in [0.5, 0.6) is 0 Å². The van der Waals surface area contributed by atoms with Crippen LogP contribution in [0.2, 0.25) is 0 Å². The van der Waals surface area contributed by atoms with Gasteiger partial charge in [-0.05, 0) is 40.8 Å². The van der Waals surface area contributed by atoms with Crippen LogP contribution in [0.4, 0.5) is 0 Å². The molecule has 1 unspecified atom stereocenters. The van der Waals surface area contributed by atoms with Crippen LogP contribution in [0.15, 0.2) is 78.9 Å². The number of likely N-dealkylation sites (tertiary alicyclic amines) is 1. The Morgan fingerprint density at radius 3 is 2.04 bits per heavy atom. The summed E-state index contributed by atoms with van der Waals surface area (Å²) in [5.74, 6) is 0.219. The molecule has 130 valence electrons. The zero-order valence-electron chi connectivity index (χ0n) is 14.8. The first-order valence-electron chi connectivity index (χ1n) is 9.45. The van der Waals surface area contributed by atoms with Gasteiger partial charge in [-0.1, -0.05) is 78.9 Å². The lowest BCUT2D eigenvalue weighted by Gasteiger charge is -2.32. The summed E-state index contributed by atoms with van der Waals surface area (Å²) >= 11 is 0. The molecule has 2 heteroatoms. The molecule has 2 nitrogen and oxygen atoms in total. The Labute approximate surface area is 154 Å². The Morgan fingerprint density at radius 2 is 1.38 bits per heavy atom. The molecule has 5 rings (SSSR count). The molecule has 1 heterocycles. The van der Waals surface area contributed by atoms with E-state index in [4.69, 9.17) is 0 Å². The fourth-order valence-corrected chi connectivity index (χ4v) is 4.84. The predicted molar refractivity (Wildman–Crippen MR) is 105 cm³/mol. The van der Waals surface area contributed by atoms with Gasteiger partial charge in [0.05, 0.1) is 0 Å². The number of rotatable bonds is 3. The van der Waals surface area contributed by atoms with E-state index in [0.717, 1.165) is 37.2 Å². The minimum absolute atomic E-state index is 0.219. The van der Waals surface area contributed by atoms with E-state index in [0.29, 0.717) is 0 Å². The topological polar surface area (TPSA) is 23.5 Å². The molecule has 1 aliphatic carbocycles. The van der Waals surface area contributed by atoms with Gasteiger partial charge in [0.2, 0.25) is 0 Å². The summed E-state index contributed by atoms with van der Waals surface area (Å²) in [5.41, 5.74) is 4.99. The van der Waals surface area contributed by atoms with Gasteiger partial charge in [-0.15, -0.1) is 0 Å². The van der Waals surface area contributed by atoms with Gasteiger partial charge in [-0.25, -0.2) is 0 Å². The Hall–Kier alpha value is -2.42. The number of aliphatic hydroxyl groups is 1. The monoisotopic (exact) mass is 341 g/mol. The van der Waals surface area contributed by atoms with Crippen LogP contribution in [-0.2, 0) is 12.1 Å². The second kappa shape index (κ2) is 6.08. The predicted octanol–water partition coefficient (Wildman–Crippen LogP) is 4.43.